The van der Waals surface area contributed by atoms with Crippen LogP contribution < -0.4 is 0 Å². The highest BCUT2D eigenvalue weighted by Gasteiger charge is 2.26. The molecule has 0 saturated carbocycles. The maximum absolute atomic E-state index is 11.6. The predicted molar refractivity (Wildman–Crippen MR) is 66.7 cm³/mol. The number of hydrogen-bond acceptors (Lipinski definition) is 4. The second-order valence-corrected chi connectivity index (χ2v) is 4.60. The highest BCUT2D eigenvalue weighted by Crippen LogP contribution is 2.21. The molecule has 0 saturated heterocycles. The fraction of sp³-hybridized carbons (Fsp3) is 0.923. The van der Waals surface area contributed by atoms with Crippen molar-refractivity contribution in [2.75, 3.05) is 26.6 Å². The van der Waals surface area contributed by atoms with Crippen LogP contribution in [0.25, 0.3) is 0 Å². The van der Waals surface area contributed by atoms with Gasteiger partial charge in [-0.2, -0.15) is 0 Å². The molecule has 0 aromatic carbocycles. The summed E-state index contributed by atoms with van der Waals surface area (Å²) >= 11 is 0. The number of carbonyl (C=O) groups is 1. The molecule has 17 heavy (non-hydrogen) atoms. The SMILES string of the molecule is CCOCOCCCCOC(=O)C(C)(C)CC. The molecule has 4 nitrogen and oxygen atoms in total. The average Bonchev–Trinajstić information content (AvgIpc) is 2.32. The van der Waals surface area contributed by atoms with E-state index >= 15 is 0 Å². The van der Waals surface area contributed by atoms with Crippen molar-refractivity contribution in [3.05, 3.63) is 0 Å². The Morgan fingerprint density at radius 2 is 1.71 bits per heavy atom. The summed E-state index contributed by atoms with van der Waals surface area (Å²) in [6.07, 6.45) is 2.51. The number of hydrogen-bond donors (Lipinski definition) is 0. The minimum absolute atomic E-state index is 0.116. The molecule has 0 aliphatic heterocycles. The van der Waals surface area contributed by atoms with Gasteiger partial charge in [-0.3, -0.25) is 4.79 Å². The summed E-state index contributed by atoms with van der Waals surface area (Å²) in [6.45, 7) is 9.86. The Bertz CT molecular complexity index is 202. The summed E-state index contributed by atoms with van der Waals surface area (Å²) in [4.78, 5) is 11.6. The lowest BCUT2D eigenvalue weighted by atomic mass is 9.91. The largest absolute Gasteiger partial charge is 0.465 e. The smallest absolute Gasteiger partial charge is 0.311 e. The molecular weight excluding hydrogens is 220 g/mol. The van der Waals surface area contributed by atoms with Crippen LogP contribution in [0.4, 0.5) is 0 Å². The van der Waals surface area contributed by atoms with Crippen molar-refractivity contribution < 1.29 is 19.0 Å². The quantitative estimate of drug-likeness (QED) is 0.338. The minimum atomic E-state index is -0.370. The zero-order valence-electron chi connectivity index (χ0n) is 11.6. The number of carbonyl (C=O) groups excluding carboxylic acids is 1. The molecule has 0 aromatic heterocycles. The van der Waals surface area contributed by atoms with Crippen LogP contribution in [0.5, 0.6) is 0 Å². The Balaban J connectivity index is 3.37. The number of esters is 1. The van der Waals surface area contributed by atoms with Gasteiger partial charge in [0.2, 0.25) is 0 Å². The molecule has 0 aromatic rings. The Hall–Kier alpha value is -0.610. The molecular formula is C13H26O4. The average molecular weight is 246 g/mol. The van der Waals surface area contributed by atoms with Gasteiger partial charge in [-0.05, 0) is 40.0 Å². The number of rotatable bonds is 10. The van der Waals surface area contributed by atoms with E-state index in [-0.39, 0.29) is 11.4 Å². The van der Waals surface area contributed by atoms with Crippen molar-refractivity contribution in [2.45, 2.75) is 47.0 Å². The van der Waals surface area contributed by atoms with E-state index in [1.165, 1.54) is 0 Å². The Morgan fingerprint density at radius 1 is 1.06 bits per heavy atom. The zero-order chi connectivity index (χ0) is 13.1. The molecule has 0 bridgehead atoms. The number of ether oxygens (including phenoxy) is 3. The maximum atomic E-state index is 11.6. The van der Waals surface area contributed by atoms with Gasteiger partial charge in [-0.25, -0.2) is 0 Å². The van der Waals surface area contributed by atoms with E-state index in [0.29, 0.717) is 26.6 Å². The predicted octanol–water partition coefficient (Wildman–Crippen LogP) is 2.76. The van der Waals surface area contributed by atoms with Gasteiger partial charge in [0.1, 0.15) is 6.79 Å². The van der Waals surface area contributed by atoms with Gasteiger partial charge in [0.15, 0.2) is 0 Å². The molecule has 0 N–H and O–H groups in total. The Kier molecular flexibility index (Phi) is 9.09. The monoisotopic (exact) mass is 246 g/mol. The maximum Gasteiger partial charge on any atom is 0.311 e. The van der Waals surface area contributed by atoms with Crippen LogP contribution in [0, 0.1) is 5.41 Å². The third kappa shape index (κ3) is 8.16. The molecule has 0 amide bonds. The summed E-state index contributed by atoms with van der Waals surface area (Å²) in [5.74, 6) is -0.116. The molecule has 0 unspecified atom stereocenters. The summed E-state index contributed by atoms with van der Waals surface area (Å²) in [5.41, 5.74) is -0.370. The Morgan fingerprint density at radius 3 is 2.29 bits per heavy atom. The molecule has 102 valence electrons. The normalized spacial score (nSPS) is 11.5. The van der Waals surface area contributed by atoms with Crippen molar-refractivity contribution in [3.63, 3.8) is 0 Å². The highest BCUT2D eigenvalue weighted by atomic mass is 16.7. The van der Waals surface area contributed by atoms with Crippen LogP contribution in [-0.4, -0.2) is 32.6 Å². The van der Waals surface area contributed by atoms with Crippen molar-refractivity contribution >= 4 is 5.97 Å². The summed E-state index contributed by atoms with van der Waals surface area (Å²) in [6, 6.07) is 0. The van der Waals surface area contributed by atoms with Crippen LogP contribution in [0.3, 0.4) is 0 Å². The van der Waals surface area contributed by atoms with Crippen LogP contribution in [0.2, 0.25) is 0 Å². The second-order valence-electron chi connectivity index (χ2n) is 4.60. The molecule has 0 spiro atoms. The van der Waals surface area contributed by atoms with Crippen molar-refractivity contribution in [1.82, 2.24) is 0 Å². The number of unbranched alkanes of at least 4 members (excludes halogenated alkanes) is 1. The molecule has 0 fully saturated rings. The van der Waals surface area contributed by atoms with E-state index in [2.05, 4.69) is 0 Å². The topological polar surface area (TPSA) is 44.8 Å². The molecule has 0 aliphatic rings. The summed E-state index contributed by atoms with van der Waals surface area (Å²) < 4.78 is 15.4. The van der Waals surface area contributed by atoms with Gasteiger partial charge in [-0.1, -0.05) is 6.92 Å². The van der Waals surface area contributed by atoms with Gasteiger partial charge in [0, 0.05) is 13.2 Å². The summed E-state index contributed by atoms with van der Waals surface area (Å²) in [7, 11) is 0. The van der Waals surface area contributed by atoms with E-state index in [4.69, 9.17) is 14.2 Å². The first kappa shape index (κ1) is 16.4. The third-order valence-electron chi connectivity index (χ3n) is 2.72. The van der Waals surface area contributed by atoms with Crippen LogP contribution in [0.1, 0.15) is 47.0 Å². The molecule has 0 radical (unpaired) electrons. The van der Waals surface area contributed by atoms with Crippen LogP contribution in [-0.2, 0) is 19.0 Å². The molecule has 0 rings (SSSR count). The van der Waals surface area contributed by atoms with Gasteiger partial charge < -0.3 is 14.2 Å². The highest BCUT2D eigenvalue weighted by molar-refractivity contribution is 5.75. The van der Waals surface area contributed by atoms with E-state index in [1.807, 2.05) is 27.7 Å². The lowest BCUT2D eigenvalue weighted by Gasteiger charge is -2.20. The first-order chi connectivity index (χ1) is 8.04. The Labute approximate surface area is 105 Å². The molecule has 4 heteroatoms. The van der Waals surface area contributed by atoms with E-state index < -0.39 is 0 Å². The van der Waals surface area contributed by atoms with Gasteiger partial charge in [-0.15, -0.1) is 0 Å². The molecule has 0 atom stereocenters. The van der Waals surface area contributed by atoms with Crippen molar-refractivity contribution in [3.8, 4) is 0 Å². The van der Waals surface area contributed by atoms with Crippen LogP contribution >= 0.6 is 0 Å². The first-order valence-corrected chi connectivity index (χ1v) is 6.37. The fourth-order valence-electron chi connectivity index (χ4n) is 1.01. The van der Waals surface area contributed by atoms with E-state index in [0.717, 1.165) is 19.3 Å². The van der Waals surface area contributed by atoms with Crippen LogP contribution in [0.15, 0.2) is 0 Å². The van der Waals surface area contributed by atoms with Gasteiger partial charge in [0.25, 0.3) is 0 Å². The molecule has 0 heterocycles. The third-order valence-corrected chi connectivity index (χ3v) is 2.72. The summed E-state index contributed by atoms with van der Waals surface area (Å²) in [5, 5.41) is 0. The fourth-order valence-corrected chi connectivity index (χ4v) is 1.01. The zero-order valence-corrected chi connectivity index (χ0v) is 11.6. The lowest BCUT2D eigenvalue weighted by molar-refractivity contribution is -0.154. The van der Waals surface area contributed by atoms with E-state index in [1.54, 1.807) is 0 Å². The molecule has 0 aliphatic carbocycles. The van der Waals surface area contributed by atoms with Crippen molar-refractivity contribution in [2.24, 2.45) is 5.41 Å². The van der Waals surface area contributed by atoms with Gasteiger partial charge >= 0.3 is 5.97 Å². The van der Waals surface area contributed by atoms with Gasteiger partial charge in [0.05, 0.1) is 12.0 Å². The first-order valence-electron chi connectivity index (χ1n) is 6.37. The van der Waals surface area contributed by atoms with Crippen molar-refractivity contribution in [1.29, 1.82) is 0 Å². The lowest BCUT2D eigenvalue weighted by Crippen LogP contribution is -2.26. The minimum Gasteiger partial charge on any atom is -0.465 e. The second kappa shape index (κ2) is 9.42. The standard InChI is InChI=1S/C13H26O4/c1-5-13(3,4)12(14)17-10-8-7-9-16-11-15-6-2/h5-11H2,1-4H3. The van der Waals surface area contributed by atoms with E-state index in [9.17, 15) is 4.79 Å².